The molecule has 0 bridgehead atoms. The molecule has 0 saturated carbocycles. The van der Waals surface area contributed by atoms with Crippen LogP contribution in [0.3, 0.4) is 0 Å². The standard InChI is InChI=1S/C22H16Br4O4/c1-29-20-15(23)7-11(8-16(20)24)19(13-5-3-4-6-14(13)22(27)28)12-9-17(25)21(30-2)18(26)10-12/h3-10,19H,1-2H3,(H,27,28). The molecule has 0 saturated heterocycles. The Morgan fingerprint density at radius 3 is 1.57 bits per heavy atom. The largest absolute Gasteiger partial charge is 0.494 e. The lowest BCUT2D eigenvalue weighted by Gasteiger charge is -2.23. The van der Waals surface area contributed by atoms with E-state index in [9.17, 15) is 9.90 Å². The van der Waals surface area contributed by atoms with E-state index in [1.165, 1.54) is 0 Å². The van der Waals surface area contributed by atoms with Crippen molar-refractivity contribution in [2.24, 2.45) is 0 Å². The topological polar surface area (TPSA) is 55.8 Å². The molecule has 8 heteroatoms. The highest BCUT2D eigenvalue weighted by Gasteiger charge is 2.25. The van der Waals surface area contributed by atoms with Crippen LogP contribution in [0.5, 0.6) is 11.5 Å². The van der Waals surface area contributed by atoms with Crippen molar-refractivity contribution in [1.82, 2.24) is 0 Å². The summed E-state index contributed by atoms with van der Waals surface area (Å²) in [5.74, 6) is 0.00502. The summed E-state index contributed by atoms with van der Waals surface area (Å²) in [6, 6.07) is 14.8. The van der Waals surface area contributed by atoms with Gasteiger partial charge < -0.3 is 14.6 Å². The van der Waals surface area contributed by atoms with Crippen molar-refractivity contribution >= 4 is 69.7 Å². The molecule has 0 aliphatic carbocycles. The summed E-state index contributed by atoms with van der Waals surface area (Å²) in [7, 11) is 3.19. The summed E-state index contributed by atoms with van der Waals surface area (Å²) in [5.41, 5.74) is 2.71. The molecule has 156 valence electrons. The second-order valence-electron chi connectivity index (χ2n) is 6.36. The maximum absolute atomic E-state index is 12.0. The Morgan fingerprint density at radius 2 is 1.20 bits per heavy atom. The summed E-state index contributed by atoms with van der Waals surface area (Å²) >= 11 is 14.2. The van der Waals surface area contributed by atoms with Gasteiger partial charge in [-0.25, -0.2) is 4.79 Å². The molecule has 0 unspecified atom stereocenters. The number of halogens is 4. The Hall–Kier alpha value is -1.35. The quantitative estimate of drug-likeness (QED) is 0.276. The van der Waals surface area contributed by atoms with E-state index in [1.807, 2.05) is 36.4 Å². The zero-order valence-corrected chi connectivity index (χ0v) is 22.2. The van der Waals surface area contributed by atoms with Crippen LogP contribution in [0.1, 0.15) is 33.0 Å². The van der Waals surface area contributed by atoms with Gasteiger partial charge in [0.1, 0.15) is 11.5 Å². The lowest BCUT2D eigenvalue weighted by Crippen LogP contribution is -2.11. The normalized spacial score (nSPS) is 10.9. The molecule has 0 radical (unpaired) electrons. The van der Waals surface area contributed by atoms with Crippen molar-refractivity contribution in [3.05, 3.63) is 88.7 Å². The van der Waals surface area contributed by atoms with Gasteiger partial charge in [0, 0.05) is 5.92 Å². The summed E-state index contributed by atoms with van der Waals surface area (Å²) < 4.78 is 13.9. The minimum Gasteiger partial charge on any atom is -0.494 e. The molecule has 1 N–H and O–H groups in total. The van der Waals surface area contributed by atoms with Crippen LogP contribution in [-0.2, 0) is 0 Å². The third kappa shape index (κ3) is 4.61. The number of hydrogen-bond acceptors (Lipinski definition) is 3. The van der Waals surface area contributed by atoms with E-state index in [0.29, 0.717) is 17.1 Å². The fourth-order valence-corrected chi connectivity index (χ4v) is 6.47. The van der Waals surface area contributed by atoms with E-state index in [4.69, 9.17) is 9.47 Å². The van der Waals surface area contributed by atoms with E-state index in [2.05, 4.69) is 63.7 Å². The zero-order valence-electron chi connectivity index (χ0n) is 15.9. The molecule has 3 aromatic rings. The Morgan fingerprint density at radius 1 is 0.800 bits per heavy atom. The third-order valence-corrected chi connectivity index (χ3v) is 6.97. The minimum atomic E-state index is -0.978. The van der Waals surface area contributed by atoms with Gasteiger partial charge in [0.15, 0.2) is 0 Å². The van der Waals surface area contributed by atoms with Gasteiger partial charge in [-0.05, 0) is 111 Å². The van der Waals surface area contributed by atoms with Gasteiger partial charge in [-0.1, -0.05) is 18.2 Å². The minimum absolute atomic E-state index is 0.244. The van der Waals surface area contributed by atoms with Crippen molar-refractivity contribution in [3.63, 3.8) is 0 Å². The van der Waals surface area contributed by atoms with Gasteiger partial charge in [0.25, 0.3) is 0 Å². The number of carboxylic acids is 1. The smallest absolute Gasteiger partial charge is 0.335 e. The maximum Gasteiger partial charge on any atom is 0.335 e. The predicted molar refractivity (Wildman–Crippen MR) is 131 cm³/mol. The molecule has 0 atom stereocenters. The average molecular weight is 664 g/mol. The van der Waals surface area contributed by atoms with Crippen LogP contribution < -0.4 is 9.47 Å². The van der Waals surface area contributed by atoms with Crippen molar-refractivity contribution in [1.29, 1.82) is 0 Å². The van der Waals surface area contributed by atoms with Crippen LogP contribution in [0.2, 0.25) is 0 Å². The highest BCUT2D eigenvalue weighted by Crippen LogP contribution is 2.44. The Labute approximate surface area is 208 Å². The maximum atomic E-state index is 12.0. The first-order valence-electron chi connectivity index (χ1n) is 8.66. The SMILES string of the molecule is COc1c(Br)cc(C(c2cc(Br)c(OC)c(Br)c2)c2ccccc2C(=O)O)cc1Br. The predicted octanol–water partition coefficient (Wildman–Crippen LogP) is 7.63. The van der Waals surface area contributed by atoms with Gasteiger partial charge in [-0.2, -0.15) is 0 Å². The van der Waals surface area contributed by atoms with Crippen LogP contribution in [-0.4, -0.2) is 25.3 Å². The number of rotatable bonds is 6. The van der Waals surface area contributed by atoms with E-state index < -0.39 is 5.97 Å². The van der Waals surface area contributed by atoms with Crippen LogP contribution in [0.25, 0.3) is 0 Å². The van der Waals surface area contributed by atoms with E-state index in [0.717, 1.165) is 29.0 Å². The number of carboxylic acid groups (broad SMARTS) is 1. The molecule has 4 nitrogen and oxygen atoms in total. The summed E-state index contributed by atoms with van der Waals surface area (Å²) in [4.78, 5) is 12.0. The molecule has 0 fully saturated rings. The number of hydrogen-bond donors (Lipinski definition) is 1. The molecular weight excluding hydrogens is 648 g/mol. The summed E-state index contributed by atoms with van der Waals surface area (Å²) in [5, 5.41) is 9.81. The first-order valence-corrected chi connectivity index (χ1v) is 11.8. The van der Waals surface area contributed by atoms with Crippen LogP contribution in [0, 0.1) is 0 Å². The van der Waals surface area contributed by atoms with Crippen LogP contribution in [0.15, 0.2) is 66.4 Å². The first kappa shape index (κ1) is 23.3. The highest BCUT2D eigenvalue weighted by atomic mass is 79.9. The van der Waals surface area contributed by atoms with Crippen LogP contribution >= 0.6 is 63.7 Å². The second kappa shape index (κ2) is 9.85. The monoisotopic (exact) mass is 660 g/mol. The second-order valence-corrected chi connectivity index (χ2v) is 9.78. The molecule has 0 heterocycles. The van der Waals surface area contributed by atoms with E-state index >= 15 is 0 Å². The fourth-order valence-electron chi connectivity index (χ4n) is 3.38. The summed E-state index contributed by atoms with van der Waals surface area (Å²) in [6.45, 7) is 0. The third-order valence-electron chi connectivity index (χ3n) is 4.62. The Kier molecular flexibility index (Phi) is 7.66. The average Bonchev–Trinajstić information content (AvgIpc) is 2.68. The fraction of sp³-hybridized carbons (Fsp3) is 0.136. The van der Waals surface area contributed by atoms with Gasteiger partial charge in [-0.3, -0.25) is 0 Å². The van der Waals surface area contributed by atoms with E-state index in [1.54, 1.807) is 26.4 Å². The lowest BCUT2D eigenvalue weighted by molar-refractivity contribution is 0.0695. The van der Waals surface area contributed by atoms with Gasteiger partial charge >= 0.3 is 5.97 Å². The summed E-state index contributed by atoms with van der Waals surface area (Å²) in [6.07, 6.45) is 0. The molecule has 0 aliphatic rings. The molecule has 3 aromatic carbocycles. The van der Waals surface area contributed by atoms with Gasteiger partial charge in [0.05, 0.1) is 37.7 Å². The van der Waals surface area contributed by atoms with Gasteiger partial charge in [0.2, 0.25) is 0 Å². The number of ether oxygens (including phenoxy) is 2. The number of aromatic carboxylic acids is 1. The molecule has 0 aromatic heterocycles. The molecular formula is C22H16Br4O4. The zero-order chi connectivity index (χ0) is 22.0. The van der Waals surface area contributed by atoms with Crippen molar-refractivity contribution < 1.29 is 19.4 Å². The molecule has 0 aliphatic heterocycles. The molecule has 30 heavy (non-hydrogen) atoms. The number of methoxy groups -OCH3 is 2. The molecule has 0 spiro atoms. The molecule has 3 rings (SSSR count). The first-order chi connectivity index (χ1) is 14.3. The Bertz CT molecular complexity index is 1010. The number of benzene rings is 3. The van der Waals surface area contributed by atoms with Crippen molar-refractivity contribution in [2.75, 3.05) is 14.2 Å². The van der Waals surface area contributed by atoms with Crippen LogP contribution in [0.4, 0.5) is 0 Å². The van der Waals surface area contributed by atoms with Crippen molar-refractivity contribution in [3.8, 4) is 11.5 Å². The lowest BCUT2D eigenvalue weighted by atomic mass is 9.83. The Balaban J connectivity index is 2.33. The number of carbonyl (C=O) groups is 1. The van der Waals surface area contributed by atoms with E-state index in [-0.39, 0.29) is 11.5 Å². The van der Waals surface area contributed by atoms with Crippen molar-refractivity contribution in [2.45, 2.75) is 5.92 Å². The highest BCUT2D eigenvalue weighted by molar-refractivity contribution is 9.11. The van der Waals surface area contributed by atoms with Gasteiger partial charge in [-0.15, -0.1) is 0 Å². The molecule has 0 amide bonds.